The minimum atomic E-state index is -1.01. The number of nitrogens with zero attached hydrogens (tertiary/aromatic N) is 1. The Morgan fingerprint density at radius 3 is 2.41 bits per heavy atom. The molecule has 1 N–H and O–H groups in total. The molecule has 0 aliphatic rings. The smallest absolute Gasteiger partial charge is 0.323 e. The zero-order chi connectivity index (χ0) is 12.8. The first-order valence-electron chi connectivity index (χ1n) is 5.18. The summed E-state index contributed by atoms with van der Waals surface area (Å²) in [6.45, 7) is 1.53. The lowest BCUT2D eigenvalue weighted by molar-refractivity contribution is -0.144. The lowest BCUT2D eigenvalue weighted by Gasteiger charge is -2.27. The topological polar surface area (TPSA) is 57.6 Å². The summed E-state index contributed by atoms with van der Waals surface area (Å²) in [6.07, 6.45) is 0. The number of halogens is 1. The summed E-state index contributed by atoms with van der Waals surface area (Å²) >= 11 is 3.06. The largest absolute Gasteiger partial charge is 0.480 e. The van der Waals surface area contributed by atoms with Crippen molar-refractivity contribution >= 4 is 27.8 Å². The van der Waals surface area contributed by atoms with E-state index in [0.717, 1.165) is 5.56 Å². The van der Waals surface area contributed by atoms with Crippen molar-refractivity contribution < 1.29 is 14.7 Å². The van der Waals surface area contributed by atoms with Gasteiger partial charge in [0.1, 0.15) is 6.54 Å². The molecular weight excluding hydrogens is 286 g/mol. The van der Waals surface area contributed by atoms with Crippen molar-refractivity contribution in [3.05, 3.63) is 35.9 Å². The molecule has 1 rings (SSSR count). The number of rotatable bonds is 5. The highest BCUT2D eigenvalue weighted by atomic mass is 79.9. The number of aliphatic carboxylic acids is 1. The van der Waals surface area contributed by atoms with Crippen LogP contribution in [0.5, 0.6) is 0 Å². The van der Waals surface area contributed by atoms with Crippen molar-refractivity contribution in [3.8, 4) is 0 Å². The number of hydrogen-bond acceptors (Lipinski definition) is 2. The maximum Gasteiger partial charge on any atom is 0.323 e. The van der Waals surface area contributed by atoms with Gasteiger partial charge in [-0.3, -0.25) is 9.59 Å². The lowest BCUT2D eigenvalue weighted by Crippen LogP contribution is -2.38. The fourth-order valence-electron chi connectivity index (χ4n) is 1.58. The van der Waals surface area contributed by atoms with Gasteiger partial charge in [0.15, 0.2) is 0 Å². The summed E-state index contributed by atoms with van der Waals surface area (Å²) in [5.74, 6) is -1.24. The molecule has 0 heterocycles. The molecule has 0 radical (unpaired) electrons. The fourth-order valence-corrected chi connectivity index (χ4v) is 1.90. The number of alkyl halides is 1. The van der Waals surface area contributed by atoms with Crippen molar-refractivity contribution in [2.75, 3.05) is 11.9 Å². The molecule has 1 aromatic carbocycles. The Kier molecular flexibility index (Phi) is 5.15. The number of carbonyl (C=O) groups is 2. The molecule has 0 aromatic heterocycles. The molecular formula is C12H14BrNO3. The molecule has 0 bridgehead atoms. The molecule has 0 fully saturated rings. The molecule has 1 amide bonds. The Morgan fingerprint density at radius 2 is 1.94 bits per heavy atom. The number of amides is 1. The number of carboxylic acid groups (broad SMARTS) is 1. The maximum atomic E-state index is 11.7. The Labute approximate surface area is 108 Å². The molecule has 0 spiro atoms. The third-order valence-electron chi connectivity index (χ3n) is 2.49. The Morgan fingerprint density at radius 1 is 1.35 bits per heavy atom. The van der Waals surface area contributed by atoms with Gasteiger partial charge in [0.05, 0.1) is 11.4 Å². The lowest BCUT2D eigenvalue weighted by atomic mass is 10.1. The number of benzene rings is 1. The average molecular weight is 300 g/mol. The summed E-state index contributed by atoms with van der Waals surface area (Å²) < 4.78 is 0. The highest BCUT2D eigenvalue weighted by molar-refractivity contribution is 9.09. The molecule has 17 heavy (non-hydrogen) atoms. The van der Waals surface area contributed by atoms with Gasteiger partial charge >= 0.3 is 5.97 Å². The predicted molar refractivity (Wildman–Crippen MR) is 68.0 cm³/mol. The summed E-state index contributed by atoms with van der Waals surface area (Å²) in [5, 5.41) is 8.94. The minimum Gasteiger partial charge on any atom is -0.480 e. The third kappa shape index (κ3) is 3.85. The number of carbonyl (C=O) groups excluding carboxylic acids is 1. The summed E-state index contributed by atoms with van der Waals surface area (Å²) in [6, 6.07) is 9.11. The standard InChI is InChI=1S/C12H14BrNO3/c1-9(10-5-3-2-4-6-10)14(8-12(16)17)11(15)7-13/h2-6,9H,7-8H2,1H3,(H,16,17)/t9-/m1/s1. The zero-order valence-corrected chi connectivity index (χ0v) is 11.1. The molecule has 0 saturated heterocycles. The van der Waals surface area contributed by atoms with Crippen LogP contribution in [0, 0.1) is 0 Å². The van der Waals surface area contributed by atoms with E-state index in [1.54, 1.807) is 0 Å². The van der Waals surface area contributed by atoms with E-state index in [-0.39, 0.29) is 23.8 Å². The first-order chi connectivity index (χ1) is 8.06. The average Bonchev–Trinajstić information content (AvgIpc) is 2.35. The van der Waals surface area contributed by atoms with Crippen LogP contribution in [0.1, 0.15) is 18.5 Å². The number of hydrogen-bond donors (Lipinski definition) is 1. The van der Waals surface area contributed by atoms with Crippen LogP contribution in [0.4, 0.5) is 0 Å². The Hall–Kier alpha value is -1.36. The van der Waals surface area contributed by atoms with E-state index in [4.69, 9.17) is 5.11 Å². The van der Waals surface area contributed by atoms with Gasteiger partial charge in [-0.1, -0.05) is 46.3 Å². The second-order valence-corrected chi connectivity index (χ2v) is 4.20. The van der Waals surface area contributed by atoms with Crippen LogP contribution < -0.4 is 0 Å². The highest BCUT2D eigenvalue weighted by Gasteiger charge is 2.22. The van der Waals surface area contributed by atoms with E-state index in [1.165, 1.54) is 4.90 Å². The quantitative estimate of drug-likeness (QED) is 0.847. The highest BCUT2D eigenvalue weighted by Crippen LogP contribution is 2.20. The van der Waals surface area contributed by atoms with Crippen molar-refractivity contribution in [2.45, 2.75) is 13.0 Å². The van der Waals surface area contributed by atoms with E-state index in [0.29, 0.717) is 0 Å². The van der Waals surface area contributed by atoms with Gasteiger partial charge in [0.25, 0.3) is 0 Å². The maximum absolute atomic E-state index is 11.7. The monoisotopic (exact) mass is 299 g/mol. The van der Waals surface area contributed by atoms with Crippen LogP contribution in [0.25, 0.3) is 0 Å². The van der Waals surface area contributed by atoms with Crippen molar-refractivity contribution in [1.29, 1.82) is 0 Å². The van der Waals surface area contributed by atoms with Crippen molar-refractivity contribution in [3.63, 3.8) is 0 Å². The molecule has 0 saturated carbocycles. The molecule has 92 valence electrons. The normalized spacial score (nSPS) is 11.9. The van der Waals surface area contributed by atoms with Crippen LogP contribution in [0.3, 0.4) is 0 Å². The van der Waals surface area contributed by atoms with Gasteiger partial charge in [0.2, 0.25) is 5.91 Å². The molecule has 1 atom stereocenters. The van der Waals surface area contributed by atoms with Crippen LogP contribution >= 0.6 is 15.9 Å². The molecule has 0 aliphatic carbocycles. The van der Waals surface area contributed by atoms with Gasteiger partial charge in [-0.25, -0.2) is 0 Å². The summed E-state index contributed by atoms with van der Waals surface area (Å²) in [7, 11) is 0. The van der Waals surface area contributed by atoms with E-state index in [9.17, 15) is 9.59 Å². The molecule has 0 aliphatic heterocycles. The van der Waals surface area contributed by atoms with Crippen LogP contribution in [-0.2, 0) is 9.59 Å². The second-order valence-electron chi connectivity index (χ2n) is 3.64. The Bertz CT molecular complexity index is 394. The first kappa shape index (κ1) is 13.7. The first-order valence-corrected chi connectivity index (χ1v) is 6.30. The summed E-state index contributed by atoms with van der Waals surface area (Å²) in [4.78, 5) is 23.8. The summed E-state index contributed by atoms with van der Waals surface area (Å²) in [5.41, 5.74) is 0.919. The third-order valence-corrected chi connectivity index (χ3v) is 2.97. The molecule has 4 nitrogen and oxygen atoms in total. The van der Waals surface area contributed by atoms with E-state index in [2.05, 4.69) is 15.9 Å². The van der Waals surface area contributed by atoms with Gasteiger partial charge in [-0.15, -0.1) is 0 Å². The van der Waals surface area contributed by atoms with Crippen molar-refractivity contribution in [2.24, 2.45) is 0 Å². The second kappa shape index (κ2) is 6.39. The van der Waals surface area contributed by atoms with Crippen LogP contribution in [0.2, 0.25) is 0 Å². The van der Waals surface area contributed by atoms with Gasteiger partial charge in [0, 0.05) is 0 Å². The van der Waals surface area contributed by atoms with Gasteiger partial charge < -0.3 is 10.0 Å². The van der Waals surface area contributed by atoms with Gasteiger partial charge in [-0.2, -0.15) is 0 Å². The van der Waals surface area contributed by atoms with E-state index < -0.39 is 5.97 Å². The number of carboxylic acids is 1. The fraction of sp³-hybridized carbons (Fsp3) is 0.333. The molecule has 1 aromatic rings. The molecule has 0 unspecified atom stereocenters. The van der Waals surface area contributed by atoms with Crippen LogP contribution in [0.15, 0.2) is 30.3 Å². The van der Waals surface area contributed by atoms with Gasteiger partial charge in [-0.05, 0) is 12.5 Å². The Balaban J connectivity index is 2.90. The van der Waals surface area contributed by atoms with Crippen LogP contribution in [-0.4, -0.2) is 33.8 Å². The predicted octanol–water partition coefficient (Wildman–Crippen LogP) is 2.06. The SMILES string of the molecule is C[C@H](c1ccccc1)N(CC(=O)O)C(=O)CBr. The minimum absolute atomic E-state index is 0.122. The zero-order valence-electron chi connectivity index (χ0n) is 9.47. The van der Waals surface area contributed by atoms with E-state index >= 15 is 0 Å². The molecule has 5 heteroatoms. The van der Waals surface area contributed by atoms with Crippen molar-refractivity contribution in [1.82, 2.24) is 4.90 Å². The van der Waals surface area contributed by atoms with E-state index in [1.807, 2.05) is 37.3 Å².